The normalized spacial score (nSPS) is 15.0. The number of nitrogens with one attached hydrogen (secondary N) is 1. The SMILES string of the molecule is CCCCCC/C=C/CCCC[C@@H](O)[C@H](COP(=O)([O-])OCC[N+](C)(C)C)NC(=O)CCCCCCC/C=C/CCCCCCCC. The molecule has 0 heterocycles. The third-order valence-corrected chi connectivity index (χ3v) is 9.38. The minimum absolute atomic E-state index is 0.00542. The largest absolute Gasteiger partial charge is 0.756 e. The van der Waals surface area contributed by atoms with Crippen molar-refractivity contribution in [3.63, 3.8) is 0 Å². The number of quaternary nitrogens is 1. The summed E-state index contributed by atoms with van der Waals surface area (Å²) in [6.45, 7) is 4.63. The summed E-state index contributed by atoms with van der Waals surface area (Å²) in [6, 6.07) is -0.816. The van der Waals surface area contributed by atoms with Crippen LogP contribution in [0.2, 0.25) is 0 Å². The molecule has 0 rings (SSSR count). The van der Waals surface area contributed by atoms with Gasteiger partial charge < -0.3 is 28.8 Å². The van der Waals surface area contributed by atoms with Crippen molar-refractivity contribution in [2.24, 2.45) is 0 Å². The Kier molecular flexibility index (Phi) is 30.3. The van der Waals surface area contributed by atoms with Crippen LogP contribution in [0.5, 0.6) is 0 Å². The molecule has 1 amide bonds. The number of amides is 1. The van der Waals surface area contributed by atoms with Gasteiger partial charge in [0.15, 0.2) is 0 Å². The molecule has 0 aliphatic heterocycles. The lowest BCUT2D eigenvalue weighted by atomic mass is 10.0. The van der Waals surface area contributed by atoms with Gasteiger partial charge in [0.05, 0.1) is 39.9 Å². The van der Waals surface area contributed by atoms with Crippen LogP contribution in [0.25, 0.3) is 0 Å². The molecule has 0 saturated carbocycles. The van der Waals surface area contributed by atoms with Crippen molar-refractivity contribution in [2.75, 3.05) is 40.9 Å². The smallest absolute Gasteiger partial charge is 0.268 e. The summed E-state index contributed by atoms with van der Waals surface area (Å²) in [5.74, 6) is -0.187. The van der Waals surface area contributed by atoms with Crippen molar-refractivity contribution in [1.29, 1.82) is 0 Å². The Balaban J connectivity index is 4.48. The van der Waals surface area contributed by atoms with Gasteiger partial charge in [0, 0.05) is 6.42 Å². The molecule has 0 saturated heterocycles. The van der Waals surface area contributed by atoms with Crippen molar-refractivity contribution >= 4 is 13.7 Å². The molecule has 1 unspecified atom stereocenters. The second-order valence-corrected chi connectivity index (χ2v) is 15.7. The van der Waals surface area contributed by atoms with Crippen LogP contribution in [0.1, 0.15) is 162 Å². The van der Waals surface area contributed by atoms with E-state index in [1.165, 1.54) is 77.0 Å². The average Bonchev–Trinajstić information content (AvgIpc) is 3.01. The number of phosphoric ester groups is 1. The second-order valence-electron chi connectivity index (χ2n) is 14.3. The molecule has 278 valence electrons. The predicted molar refractivity (Wildman–Crippen MR) is 196 cm³/mol. The maximum Gasteiger partial charge on any atom is 0.268 e. The van der Waals surface area contributed by atoms with Gasteiger partial charge in [-0.1, -0.05) is 115 Å². The lowest BCUT2D eigenvalue weighted by molar-refractivity contribution is -0.870. The number of rotatable bonds is 34. The Morgan fingerprint density at radius 2 is 1.17 bits per heavy atom. The Hall–Kier alpha value is -1.02. The van der Waals surface area contributed by atoms with Gasteiger partial charge in [0.2, 0.25) is 5.91 Å². The number of likely N-dealkylation sites (N-methyl/N-ethyl adjacent to an activating group) is 1. The van der Waals surface area contributed by atoms with Crippen LogP contribution in [0.3, 0.4) is 0 Å². The highest BCUT2D eigenvalue weighted by molar-refractivity contribution is 7.45. The van der Waals surface area contributed by atoms with Crippen LogP contribution in [0, 0.1) is 0 Å². The third-order valence-electron chi connectivity index (χ3n) is 8.41. The first kappa shape index (κ1) is 46.0. The Morgan fingerprint density at radius 1 is 0.723 bits per heavy atom. The van der Waals surface area contributed by atoms with Gasteiger partial charge in [-0.3, -0.25) is 9.36 Å². The minimum atomic E-state index is -4.56. The lowest BCUT2D eigenvalue weighted by Crippen LogP contribution is -2.46. The molecule has 0 aliphatic rings. The molecule has 0 fully saturated rings. The molecule has 0 aliphatic carbocycles. The fraction of sp³-hybridized carbons (Fsp3) is 0.868. The van der Waals surface area contributed by atoms with Crippen LogP contribution in [0.15, 0.2) is 24.3 Å². The molecule has 47 heavy (non-hydrogen) atoms. The molecule has 0 bridgehead atoms. The highest BCUT2D eigenvalue weighted by atomic mass is 31.2. The number of hydrogen-bond donors (Lipinski definition) is 2. The zero-order valence-corrected chi connectivity index (χ0v) is 32.1. The van der Waals surface area contributed by atoms with Gasteiger partial charge in [-0.25, -0.2) is 0 Å². The molecule has 0 aromatic heterocycles. The van der Waals surface area contributed by atoms with Gasteiger partial charge in [-0.05, 0) is 64.2 Å². The number of aliphatic hydroxyl groups excluding tert-OH is 1. The molecular formula is C38H75N2O6P. The number of carbonyl (C=O) groups is 1. The van der Waals surface area contributed by atoms with E-state index < -0.39 is 20.0 Å². The van der Waals surface area contributed by atoms with Crippen molar-refractivity contribution < 1.29 is 32.9 Å². The highest BCUT2D eigenvalue weighted by Gasteiger charge is 2.24. The second kappa shape index (κ2) is 31.0. The van der Waals surface area contributed by atoms with E-state index in [0.717, 1.165) is 57.8 Å². The summed E-state index contributed by atoms with van der Waals surface area (Å²) in [5.41, 5.74) is 0. The quantitative estimate of drug-likeness (QED) is 0.0303. The van der Waals surface area contributed by atoms with Crippen LogP contribution in [0.4, 0.5) is 0 Å². The molecule has 8 nitrogen and oxygen atoms in total. The van der Waals surface area contributed by atoms with Gasteiger partial charge >= 0.3 is 0 Å². The standard InChI is InChI=1S/C38H75N2O6P/c1-6-8-10-12-14-16-18-19-20-21-22-24-26-28-30-32-38(42)39-36(35-46-47(43,44)45-34-33-40(3,4)5)37(41)31-29-27-25-23-17-15-13-11-9-7-2/h17,19-20,23,36-37,41H,6-16,18,21-22,24-35H2,1-5H3,(H-,39,42,43,44)/b20-19+,23-17+/t36-,37+/m0/s1. The molecule has 0 radical (unpaired) electrons. The van der Waals surface area contributed by atoms with Crippen LogP contribution >= 0.6 is 7.82 Å². The van der Waals surface area contributed by atoms with E-state index in [1.54, 1.807) is 0 Å². The van der Waals surface area contributed by atoms with E-state index in [0.29, 0.717) is 23.9 Å². The topological polar surface area (TPSA) is 108 Å². The summed E-state index contributed by atoms with van der Waals surface area (Å²) in [5, 5.41) is 13.8. The maximum atomic E-state index is 12.8. The van der Waals surface area contributed by atoms with Crippen molar-refractivity contribution in [2.45, 2.75) is 174 Å². The summed E-state index contributed by atoms with van der Waals surface area (Å²) in [7, 11) is 1.28. The van der Waals surface area contributed by atoms with Crippen LogP contribution in [-0.2, 0) is 18.4 Å². The summed E-state index contributed by atoms with van der Waals surface area (Å²) in [6.07, 6.45) is 33.2. The fourth-order valence-corrected chi connectivity index (χ4v) is 5.98. The lowest BCUT2D eigenvalue weighted by Gasteiger charge is -2.30. The molecule has 2 N–H and O–H groups in total. The van der Waals surface area contributed by atoms with E-state index >= 15 is 0 Å². The van der Waals surface area contributed by atoms with Gasteiger partial charge in [-0.2, -0.15) is 0 Å². The van der Waals surface area contributed by atoms with Crippen molar-refractivity contribution in [3.05, 3.63) is 24.3 Å². The van der Waals surface area contributed by atoms with Crippen LogP contribution < -0.4 is 10.2 Å². The first-order valence-corrected chi connectivity index (χ1v) is 20.6. The van der Waals surface area contributed by atoms with Gasteiger partial charge in [0.25, 0.3) is 7.82 Å². The van der Waals surface area contributed by atoms with E-state index in [-0.39, 0.29) is 19.1 Å². The molecular weight excluding hydrogens is 611 g/mol. The average molecular weight is 687 g/mol. The predicted octanol–water partition coefficient (Wildman–Crippen LogP) is 9.16. The molecule has 0 aromatic rings. The number of aliphatic hydroxyl groups is 1. The van der Waals surface area contributed by atoms with E-state index in [2.05, 4.69) is 43.5 Å². The van der Waals surface area contributed by atoms with E-state index in [4.69, 9.17) is 9.05 Å². The molecule has 0 spiro atoms. The van der Waals surface area contributed by atoms with E-state index in [9.17, 15) is 19.4 Å². The van der Waals surface area contributed by atoms with Gasteiger partial charge in [0.1, 0.15) is 13.2 Å². The monoisotopic (exact) mass is 687 g/mol. The fourth-order valence-electron chi connectivity index (χ4n) is 5.26. The summed E-state index contributed by atoms with van der Waals surface area (Å²) >= 11 is 0. The number of phosphoric acid groups is 1. The first-order chi connectivity index (χ1) is 22.5. The number of nitrogens with zero attached hydrogens (tertiary/aromatic N) is 1. The highest BCUT2D eigenvalue weighted by Crippen LogP contribution is 2.38. The zero-order valence-electron chi connectivity index (χ0n) is 31.2. The first-order valence-electron chi connectivity index (χ1n) is 19.2. The molecule has 9 heteroatoms. The van der Waals surface area contributed by atoms with E-state index in [1.807, 2.05) is 21.1 Å². The molecule has 0 aromatic carbocycles. The number of unbranched alkanes of at least 4 members (excludes halogenated alkanes) is 17. The van der Waals surface area contributed by atoms with Gasteiger partial charge in [-0.15, -0.1) is 0 Å². The zero-order chi connectivity index (χ0) is 35.1. The number of hydrogen-bond acceptors (Lipinski definition) is 6. The Morgan fingerprint density at radius 3 is 1.68 bits per heavy atom. The Labute approximate surface area is 290 Å². The molecule has 3 atom stereocenters. The Bertz CT molecular complexity index is 829. The van der Waals surface area contributed by atoms with Crippen molar-refractivity contribution in [3.8, 4) is 0 Å². The summed E-state index contributed by atoms with van der Waals surface area (Å²) < 4.78 is 23.1. The number of carbonyl (C=O) groups excluding carboxylic acids is 1. The summed E-state index contributed by atoms with van der Waals surface area (Å²) in [4.78, 5) is 25.1. The minimum Gasteiger partial charge on any atom is -0.756 e. The van der Waals surface area contributed by atoms with Crippen LogP contribution in [-0.4, -0.2) is 68.5 Å². The maximum absolute atomic E-state index is 12.8. The third kappa shape index (κ3) is 33.3. The number of allylic oxidation sites excluding steroid dienone is 4. The van der Waals surface area contributed by atoms with Crippen molar-refractivity contribution in [1.82, 2.24) is 5.32 Å².